The molecule has 4 nitrogen and oxygen atoms in total. The van der Waals surface area contributed by atoms with E-state index < -0.39 is 0 Å². The molecule has 1 aliphatic rings. The largest absolute Gasteiger partial charge is 0.399 e. The summed E-state index contributed by atoms with van der Waals surface area (Å²) >= 11 is 0. The molecule has 0 saturated carbocycles. The Morgan fingerprint density at radius 3 is 2.60 bits per heavy atom. The minimum absolute atomic E-state index is 0.0210. The van der Waals surface area contributed by atoms with Gasteiger partial charge in [0, 0.05) is 25.3 Å². The summed E-state index contributed by atoms with van der Waals surface area (Å²) in [6.45, 7) is 9.11. The van der Waals surface area contributed by atoms with E-state index >= 15 is 0 Å². The summed E-state index contributed by atoms with van der Waals surface area (Å²) in [6, 6.07) is 5.54. The second-order valence-corrected chi connectivity index (χ2v) is 6.29. The highest BCUT2D eigenvalue weighted by atomic mass is 16.1. The Labute approximate surface area is 121 Å². The highest BCUT2D eigenvalue weighted by Crippen LogP contribution is 2.34. The van der Waals surface area contributed by atoms with Crippen molar-refractivity contribution in [2.45, 2.75) is 33.6 Å². The number of nitrogens with zero attached hydrogens (tertiary/aromatic N) is 1. The van der Waals surface area contributed by atoms with Crippen molar-refractivity contribution in [1.82, 2.24) is 5.32 Å². The van der Waals surface area contributed by atoms with Crippen molar-refractivity contribution in [2.75, 3.05) is 30.3 Å². The topological polar surface area (TPSA) is 58.4 Å². The summed E-state index contributed by atoms with van der Waals surface area (Å²) in [6.07, 6.45) is 2.27. The van der Waals surface area contributed by atoms with Gasteiger partial charge in [0.1, 0.15) is 0 Å². The van der Waals surface area contributed by atoms with Gasteiger partial charge in [0.05, 0.1) is 11.3 Å². The first-order chi connectivity index (χ1) is 9.43. The van der Waals surface area contributed by atoms with Gasteiger partial charge >= 0.3 is 0 Å². The third-order valence-corrected chi connectivity index (χ3v) is 4.06. The van der Waals surface area contributed by atoms with Gasteiger partial charge in [-0.1, -0.05) is 13.8 Å². The fourth-order valence-corrected chi connectivity index (χ4v) is 2.61. The quantitative estimate of drug-likeness (QED) is 0.834. The van der Waals surface area contributed by atoms with E-state index in [0.29, 0.717) is 17.6 Å². The molecule has 0 aromatic heterocycles. The first-order valence-electron chi connectivity index (χ1n) is 7.35. The molecule has 1 heterocycles. The number of carbonyl (C=O) groups is 1. The predicted octanol–water partition coefficient (Wildman–Crippen LogP) is 2.64. The number of nitrogens with two attached hydrogens (primary N) is 1. The number of benzene rings is 1. The van der Waals surface area contributed by atoms with Crippen LogP contribution in [-0.4, -0.2) is 25.5 Å². The van der Waals surface area contributed by atoms with Crippen LogP contribution in [-0.2, 0) is 0 Å². The highest BCUT2D eigenvalue weighted by Gasteiger charge is 2.27. The van der Waals surface area contributed by atoms with E-state index in [1.807, 2.05) is 19.1 Å². The van der Waals surface area contributed by atoms with E-state index in [1.165, 1.54) is 0 Å². The van der Waals surface area contributed by atoms with Gasteiger partial charge in [0.15, 0.2) is 0 Å². The maximum Gasteiger partial charge on any atom is 0.253 e. The lowest BCUT2D eigenvalue weighted by molar-refractivity contribution is 0.0956. The van der Waals surface area contributed by atoms with Crippen LogP contribution in [0.5, 0.6) is 0 Å². The molecule has 0 unspecified atom stereocenters. The Bertz CT molecular complexity index is 486. The molecule has 1 fully saturated rings. The number of nitrogen functional groups attached to an aromatic ring is 1. The normalized spacial score (nSPS) is 17.9. The second kappa shape index (κ2) is 5.73. The molecule has 110 valence electrons. The molecule has 1 aliphatic heterocycles. The molecule has 0 spiro atoms. The minimum Gasteiger partial charge on any atom is -0.399 e. The first kappa shape index (κ1) is 14.7. The van der Waals surface area contributed by atoms with Crippen LogP contribution in [0.15, 0.2) is 18.2 Å². The van der Waals surface area contributed by atoms with E-state index in [0.717, 1.165) is 37.2 Å². The zero-order valence-corrected chi connectivity index (χ0v) is 12.7. The molecule has 0 bridgehead atoms. The lowest BCUT2D eigenvalue weighted by atomic mass is 9.82. The third-order valence-electron chi connectivity index (χ3n) is 4.06. The monoisotopic (exact) mass is 275 g/mol. The van der Waals surface area contributed by atoms with E-state index in [9.17, 15) is 4.79 Å². The fraction of sp³-hybridized carbons (Fsp3) is 0.562. The summed E-state index contributed by atoms with van der Waals surface area (Å²) < 4.78 is 0. The average molecular weight is 275 g/mol. The van der Waals surface area contributed by atoms with Gasteiger partial charge in [-0.3, -0.25) is 4.79 Å². The maximum atomic E-state index is 12.2. The Hall–Kier alpha value is -1.71. The van der Waals surface area contributed by atoms with Crippen LogP contribution in [0.3, 0.4) is 0 Å². The van der Waals surface area contributed by atoms with E-state index in [-0.39, 0.29) is 5.91 Å². The molecule has 0 radical (unpaired) electrons. The number of carbonyl (C=O) groups excluding carboxylic acids is 1. The Balaban J connectivity index is 2.26. The number of hydrogen-bond donors (Lipinski definition) is 2. The van der Waals surface area contributed by atoms with Crippen LogP contribution in [0.1, 0.15) is 44.0 Å². The molecule has 0 atom stereocenters. The number of anilines is 2. The maximum absolute atomic E-state index is 12.2. The molecule has 2 rings (SSSR count). The van der Waals surface area contributed by atoms with Crippen molar-refractivity contribution >= 4 is 17.3 Å². The number of hydrogen-bond acceptors (Lipinski definition) is 3. The van der Waals surface area contributed by atoms with E-state index in [1.54, 1.807) is 6.07 Å². The number of amides is 1. The van der Waals surface area contributed by atoms with Crippen molar-refractivity contribution in [2.24, 2.45) is 5.41 Å². The van der Waals surface area contributed by atoms with Gasteiger partial charge in [-0.25, -0.2) is 0 Å². The molecular weight excluding hydrogens is 250 g/mol. The lowest BCUT2D eigenvalue weighted by Gasteiger charge is -2.39. The molecule has 20 heavy (non-hydrogen) atoms. The lowest BCUT2D eigenvalue weighted by Crippen LogP contribution is -2.38. The number of piperidine rings is 1. The van der Waals surface area contributed by atoms with Crippen molar-refractivity contribution in [3.05, 3.63) is 23.8 Å². The zero-order chi connectivity index (χ0) is 14.8. The van der Waals surface area contributed by atoms with Crippen LogP contribution >= 0.6 is 0 Å². The van der Waals surface area contributed by atoms with Crippen molar-refractivity contribution < 1.29 is 4.79 Å². The third kappa shape index (κ3) is 3.24. The Morgan fingerprint density at radius 1 is 1.35 bits per heavy atom. The molecule has 1 aromatic rings. The summed E-state index contributed by atoms with van der Waals surface area (Å²) in [5, 5.41) is 2.87. The summed E-state index contributed by atoms with van der Waals surface area (Å²) in [4.78, 5) is 14.5. The number of rotatable bonds is 3. The Kier molecular flexibility index (Phi) is 4.21. The fourth-order valence-electron chi connectivity index (χ4n) is 2.61. The van der Waals surface area contributed by atoms with Crippen LogP contribution in [0.2, 0.25) is 0 Å². The van der Waals surface area contributed by atoms with Crippen LogP contribution < -0.4 is 16.0 Å². The minimum atomic E-state index is -0.0210. The molecule has 1 aromatic carbocycles. The Morgan fingerprint density at radius 2 is 2.00 bits per heavy atom. The molecule has 0 aliphatic carbocycles. The van der Waals surface area contributed by atoms with Gasteiger partial charge in [-0.05, 0) is 43.4 Å². The predicted molar refractivity (Wildman–Crippen MR) is 84.1 cm³/mol. The second-order valence-electron chi connectivity index (χ2n) is 6.29. The smallest absolute Gasteiger partial charge is 0.253 e. The molecule has 1 amide bonds. The van der Waals surface area contributed by atoms with Crippen LogP contribution in [0.4, 0.5) is 11.4 Å². The van der Waals surface area contributed by atoms with E-state index in [2.05, 4.69) is 24.1 Å². The average Bonchev–Trinajstić information content (AvgIpc) is 2.38. The number of nitrogens with one attached hydrogen (secondary N) is 1. The van der Waals surface area contributed by atoms with Crippen molar-refractivity contribution in [1.29, 1.82) is 0 Å². The van der Waals surface area contributed by atoms with Gasteiger partial charge in [0.2, 0.25) is 0 Å². The molecular formula is C16H25N3O. The van der Waals surface area contributed by atoms with Gasteiger partial charge in [-0.15, -0.1) is 0 Å². The highest BCUT2D eigenvalue weighted by molar-refractivity contribution is 6.00. The summed E-state index contributed by atoms with van der Waals surface area (Å²) in [5.74, 6) is -0.0210. The molecule has 4 heteroatoms. The summed E-state index contributed by atoms with van der Waals surface area (Å²) in [5.41, 5.74) is 8.69. The van der Waals surface area contributed by atoms with Gasteiger partial charge in [-0.2, -0.15) is 0 Å². The molecule has 1 saturated heterocycles. The standard InChI is InChI=1S/C16H25N3O/c1-4-18-15(20)13-6-5-12(17)11-14(13)19-9-7-16(2,3)8-10-19/h5-6,11H,4,7-10,17H2,1-3H3,(H,18,20). The van der Waals surface area contributed by atoms with Crippen molar-refractivity contribution in [3.8, 4) is 0 Å². The zero-order valence-electron chi connectivity index (χ0n) is 12.7. The van der Waals surface area contributed by atoms with E-state index in [4.69, 9.17) is 5.73 Å². The SMILES string of the molecule is CCNC(=O)c1ccc(N)cc1N1CCC(C)(C)CC1. The first-order valence-corrected chi connectivity index (χ1v) is 7.35. The van der Waals surface area contributed by atoms with Crippen LogP contribution in [0, 0.1) is 5.41 Å². The van der Waals surface area contributed by atoms with Crippen LogP contribution in [0.25, 0.3) is 0 Å². The van der Waals surface area contributed by atoms with Crippen molar-refractivity contribution in [3.63, 3.8) is 0 Å². The summed E-state index contributed by atoms with van der Waals surface area (Å²) in [7, 11) is 0. The van der Waals surface area contributed by atoms with Gasteiger partial charge in [0.25, 0.3) is 5.91 Å². The van der Waals surface area contributed by atoms with Gasteiger partial charge < -0.3 is 16.0 Å². The molecule has 3 N–H and O–H groups in total.